The second-order valence-electron chi connectivity index (χ2n) is 3.24. The van der Waals surface area contributed by atoms with Crippen LogP contribution in [0.25, 0.3) is 11.5 Å². The summed E-state index contributed by atoms with van der Waals surface area (Å²) in [6.07, 6.45) is 0. The van der Waals surface area contributed by atoms with E-state index >= 15 is 0 Å². The molecule has 0 saturated heterocycles. The van der Waals surface area contributed by atoms with Gasteiger partial charge in [0.1, 0.15) is 0 Å². The van der Waals surface area contributed by atoms with Crippen LogP contribution < -0.4 is 0 Å². The lowest BCUT2D eigenvalue weighted by molar-refractivity contribution is 0.0425. The van der Waals surface area contributed by atoms with Gasteiger partial charge in [0.25, 0.3) is 0 Å². The minimum Gasteiger partial charge on any atom is -0.428 e. The Morgan fingerprint density at radius 3 is 2.44 bits per heavy atom. The molecule has 2 aromatic rings. The molecule has 0 fully saturated rings. The summed E-state index contributed by atoms with van der Waals surface area (Å²) in [7, 11) is 0. The van der Waals surface area contributed by atoms with Crippen molar-refractivity contribution in [3.05, 3.63) is 41.8 Å². The molecule has 0 N–H and O–H groups in total. The Morgan fingerprint density at radius 2 is 1.75 bits per heavy atom. The third-order valence-corrected chi connectivity index (χ3v) is 2.21. The summed E-state index contributed by atoms with van der Waals surface area (Å²) in [5.74, 6) is -1.42. The fourth-order valence-corrected chi connectivity index (χ4v) is 1.48. The molecule has 5 heteroatoms. The number of esters is 2. The Balaban J connectivity index is 2.14. The Kier molecular flexibility index (Phi) is 1.67. The first-order valence-corrected chi connectivity index (χ1v) is 4.58. The van der Waals surface area contributed by atoms with Crippen LogP contribution in [-0.4, -0.2) is 16.9 Å². The first kappa shape index (κ1) is 8.84. The van der Waals surface area contributed by atoms with Crippen molar-refractivity contribution in [3.8, 4) is 11.5 Å². The predicted molar refractivity (Wildman–Crippen MR) is 51.7 cm³/mol. The normalized spacial score (nSPS) is 13.8. The molecule has 2 heterocycles. The number of benzene rings is 1. The third kappa shape index (κ3) is 1.15. The number of oxazole rings is 1. The van der Waals surface area contributed by atoms with E-state index in [1.54, 1.807) is 12.1 Å². The summed E-state index contributed by atoms with van der Waals surface area (Å²) in [6, 6.07) is 9.02. The number of fused-ring (bicyclic) bond motifs is 1. The van der Waals surface area contributed by atoms with Crippen LogP contribution in [0.4, 0.5) is 0 Å². The molecule has 0 aliphatic carbocycles. The van der Waals surface area contributed by atoms with E-state index in [1.807, 2.05) is 18.2 Å². The molecule has 16 heavy (non-hydrogen) atoms. The molecule has 1 aromatic heterocycles. The summed E-state index contributed by atoms with van der Waals surface area (Å²) in [5.41, 5.74) is 0.654. The highest BCUT2D eigenvalue weighted by atomic mass is 16.6. The van der Waals surface area contributed by atoms with E-state index < -0.39 is 11.9 Å². The lowest BCUT2D eigenvalue weighted by atomic mass is 10.2. The van der Waals surface area contributed by atoms with Crippen molar-refractivity contribution in [2.24, 2.45) is 0 Å². The summed E-state index contributed by atoms with van der Waals surface area (Å²) < 4.78 is 9.52. The molecular formula is C11H5NO4. The SMILES string of the molecule is O=C1OC(=O)c2oc(-c3ccccc3)nc21. The second-order valence-corrected chi connectivity index (χ2v) is 3.24. The molecular weight excluding hydrogens is 210 g/mol. The van der Waals surface area contributed by atoms with Gasteiger partial charge in [-0.15, -0.1) is 0 Å². The highest BCUT2D eigenvalue weighted by Gasteiger charge is 2.36. The zero-order chi connectivity index (χ0) is 11.1. The fraction of sp³-hybridized carbons (Fsp3) is 0. The molecule has 1 aliphatic heterocycles. The van der Waals surface area contributed by atoms with Gasteiger partial charge in [-0.1, -0.05) is 18.2 Å². The van der Waals surface area contributed by atoms with Crippen LogP contribution >= 0.6 is 0 Å². The zero-order valence-electron chi connectivity index (χ0n) is 7.97. The summed E-state index contributed by atoms with van der Waals surface area (Å²) in [6.45, 7) is 0. The predicted octanol–water partition coefficient (Wildman–Crippen LogP) is 1.65. The lowest BCUT2D eigenvalue weighted by Gasteiger charge is -1.93. The summed E-state index contributed by atoms with van der Waals surface area (Å²) in [4.78, 5) is 26.2. The van der Waals surface area contributed by atoms with E-state index in [4.69, 9.17) is 4.42 Å². The van der Waals surface area contributed by atoms with Crippen LogP contribution in [0.3, 0.4) is 0 Å². The van der Waals surface area contributed by atoms with Gasteiger partial charge in [-0.25, -0.2) is 14.6 Å². The van der Waals surface area contributed by atoms with Crippen molar-refractivity contribution in [2.45, 2.75) is 0 Å². The molecule has 5 nitrogen and oxygen atoms in total. The van der Waals surface area contributed by atoms with Gasteiger partial charge in [-0.05, 0) is 12.1 Å². The van der Waals surface area contributed by atoms with Crippen molar-refractivity contribution >= 4 is 11.9 Å². The smallest absolute Gasteiger partial charge is 0.384 e. The van der Waals surface area contributed by atoms with Crippen LogP contribution in [0, 0.1) is 0 Å². The number of rotatable bonds is 1. The average Bonchev–Trinajstić information content (AvgIpc) is 2.83. The topological polar surface area (TPSA) is 69.4 Å². The summed E-state index contributed by atoms with van der Waals surface area (Å²) >= 11 is 0. The maximum atomic E-state index is 11.2. The monoisotopic (exact) mass is 215 g/mol. The molecule has 0 radical (unpaired) electrons. The minimum atomic E-state index is -0.783. The molecule has 78 valence electrons. The number of aromatic nitrogens is 1. The number of carbonyl (C=O) groups is 2. The largest absolute Gasteiger partial charge is 0.428 e. The van der Waals surface area contributed by atoms with Gasteiger partial charge in [0, 0.05) is 5.56 Å². The van der Waals surface area contributed by atoms with Gasteiger partial charge in [-0.2, -0.15) is 0 Å². The van der Waals surface area contributed by atoms with Crippen LogP contribution in [0.15, 0.2) is 34.7 Å². The minimum absolute atomic E-state index is 0.0520. The van der Waals surface area contributed by atoms with Gasteiger partial charge in [-0.3, -0.25) is 0 Å². The van der Waals surface area contributed by atoms with E-state index in [1.165, 1.54) is 0 Å². The number of carbonyl (C=O) groups excluding carboxylic acids is 2. The van der Waals surface area contributed by atoms with Crippen molar-refractivity contribution < 1.29 is 18.7 Å². The number of nitrogens with zero attached hydrogens (tertiary/aromatic N) is 1. The quantitative estimate of drug-likeness (QED) is 0.534. The maximum absolute atomic E-state index is 11.2. The molecule has 1 aromatic carbocycles. The van der Waals surface area contributed by atoms with Gasteiger partial charge in [0.05, 0.1) is 0 Å². The average molecular weight is 215 g/mol. The van der Waals surface area contributed by atoms with Crippen LogP contribution in [0.1, 0.15) is 21.0 Å². The first-order valence-electron chi connectivity index (χ1n) is 4.58. The zero-order valence-corrected chi connectivity index (χ0v) is 7.97. The highest BCUT2D eigenvalue weighted by molar-refractivity contribution is 6.12. The van der Waals surface area contributed by atoms with E-state index in [0.717, 1.165) is 0 Å². The Labute approximate surface area is 89.7 Å². The number of hydrogen-bond donors (Lipinski definition) is 0. The Bertz CT molecular complexity index is 554. The molecule has 0 bridgehead atoms. The number of ether oxygens (including phenoxy) is 1. The van der Waals surface area contributed by atoms with Crippen LogP contribution in [0.5, 0.6) is 0 Å². The first-order chi connectivity index (χ1) is 7.75. The van der Waals surface area contributed by atoms with Crippen molar-refractivity contribution in [2.75, 3.05) is 0 Å². The highest BCUT2D eigenvalue weighted by Crippen LogP contribution is 2.26. The molecule has 0 amide bonds. The van der Waals surface area contributed by atoms with E-state index in [9.17, 15) is 9.59 Å². The fourth-order valence-electron chi connectivity index (χ4n) is 1.48. The van der Waals surface area contributed by atoms with Gasteiger partial charge in [0.15, 0.2) is 0 Å². The van der Waals surface area contributed by atoms with Gasteiger partial charge in [0.2, 0.25) is 17.3 Å². The van der Waals surface area contributed by atoms with Gasteiger partial charge < -0.3 is 9.15 Å². The maximum Gasteiger partial charge on any atom is 0.384 e. The van der Waals surface area contributed by atoms with Crippen LogP contribution in [0.2, 0.25) is 0 Å². The number of cyclic esters (lactones) is 2. The van der Waals surface area contributed by atoms with Crippen LogP contribution in [-0.2, 0) is 4.74 Å². The van der Waals surface area contributed by atoms with Crippen molar-refractivity contribution in [3.63, 3.8) is 0 Å². The molecule has 1 aliphatic rings. The van der Waals surface area contributed by atoms with E-state index in [2.05, 4.69) is 9.72 Å². The molecule has 0 atom stereocenters. The molecule has 0 spiro atoms. The van der Waals surface area contributed by atoms with Crippen molar-refractivity contribution in [1.29, 1.82) is 0 Å². The molecule has 0 unspecified atom stereocenters. The summed E-state index contributed by atoms with van der Waals surface area (Å²) in [5, 5.41) is 0. The van der Waals surface area contributed by atoms with E-state index in [-0.39, 0.29) is 17.3 Å². The Morgan fingerprint density at radius 1 is 1.00 bits per heavy atom. The van der Waals surface area contributed by atoms with Crippen molar-refractivity contribution in [1.82, 2.24) is 4.98 Å². The second kappa shape index (κ2) is 3.03. The van der Waals surface area contributed by atoms with Gasteiger partial charge >= 0.3 is 11.9 Å². The molecule has 3 rings (SSSR count). The lowest BCUT2D eigenvalue weighted by Crippen LogP contribution is -1.99. The number of hydrogen-bond acceptors (Lipinski definition) is 5. The third-order valence-electron chi connectivity index (χ3n) is 2.21. The molecule has 0 saturated carbocycles. The Hall–Kier alpha value is -2.43. The standard InChI is InChI=1S/C11H5NO4/c13-10-7-8(11(14)16-10)15-9(12-7)6-4-2-1-3-5-6/h1-5H. The van der Waals surface area contributed by atoms with E-state index in [0.29, 0.717) is 5.56 Å².